The molecule has 210 valence electrons. The van der Waals surface area contributed by atoms with Crippen molar-refractivity contribution in [2.75, 3.05) is 12.8 Å². The summed E-state index contributed by atoms with van der Waals surface area (Å²) in [5.74, 6) is -1.45. The number of ether oxygens (including phenoxy) is 2. The molecule has 2 aromatic rings. The van der Waals surface area contributed by atoms with Crippen molar-refractivity contribution < 1.29 is 46.9 Å². The number of rotatable bonds is 11. The Kier molecular flexibility index (Phi) is 9.61. The summed E-state index contributed by atoms with van der Waals surface area (Å²) in [5.41, 5.74) is -3.78. The average Bonchev–Trinajstić information content (AvgIpc) is 3.09. The van der Waals surface area contributed by atoms with Crippen LogP contribution in [-0.4, -0.2) is 68.8 Å². The van der Waals surface area contributed by atoms with E-state index in [9.17, 15) is 33.1 Å². The molecule has 1 saturated heterocycles. The number of aliphatic hydroxyl groups excluding tert-OH is 1. The molecule has 0 spiro atoms. The molecule has 1 aromatic heterocycles. The maximum Gasteiger partial charge on any atom is 0.380 e. The van der Waals surface area contributed by atoms with E-state index in [1.54, 1.807) is 32.0 Å². The number of aliphatic hydroxyl groups is 2. The van der Waals surface area contributed by atoms with Gasteiger partial charge in [0.1, 0.15) is 18.0 Å². The highest BCUT2D eigenvalue weighted by molar-refractivity contribution is 7.71. The number of benzene rings is 1. The van der Waals surface area contributed by atoms with E-state index in [1.165, 1.54) is 19.1 Å². The van der Waals surface area contributed by atoms with Gasteiger partial charge in [-0.25, -0.2) is 13.3 Å². The summed E-state index contributed by atoms with van der Waals surface area (Å²) >= 11 is 4.99. The number of alkyl halides is 2. The Bertz CT molecular complexity index is 1280. The zero-order valence-electron chi connectivity index (χ0n) is 20.7. The first-order valence-electron chi connectivity index (χ1n) is 11.6. The molecule has 0 aliphatic carbocycles. The van der Waals surface area contributed by atoms with Crippen LogP contribution in [0.1, 0.15) is 27.0 Å². The fourth-order valence-corrected chi connectivity index (χ4v) is 5.89. The van der Waals surface area contributed by atoms with Crippen LogP contribution >= 0.6 is 19.8 Å². The molecule has 6 atom stereocenters. The molecule has 0 amide bonds. The minimum Gasteiger partial charge on any atom is -0.463 e. The van der Waals surface area contributed by atoms with Gasteiger partial charge in [0.2, 0.25) is 0 Å². The van der Waals surface area contributed by atoms with Crippen molar-refractivity contribution in [3.63, 3.8) is 0 Å². The third-order valence-corrected chi connectivity index (χ3v) is 7.99. The van der Waals surface area contributed by atoms with Crippen LogP contribution in [0.5, 0.6) is 5.75 Å². The van der Waals surface area contributed by atoms with Gasteiger partial charge in [0.05, 0.1) is 24.8 Å². The van der Waals surface area contributed by atoms with Gasteiger partial charge in [0.15, 0.2) is 16.6 Å². The number of nitrogens with zero attached hydrogens (tertiary/aromatic N) is 1. The highest BCUT2D eigenvalue weighted by Crippen LogP contribution is 2.51. The Labute approximate surface area is 221 Å². The van der Waals surface area contributed by atoms with Gasteiger partial charge in [-0.2, -0.15) is 0 Å². The molecule has 2 heterocycles. The highest BCUT2D eigenvalue weighted by Gasteiger charge is 2.62. The number of carbonyl (C=O) groups excluding carboxylic acids is 1. The lowest BCUT2D eigenvalue weighted by Gasteiger charge is -2.31. The molecule has 1 aromatic carbocycles. The van der Waals surface area contributed by atoms with Crippen molar-refractivity contribution in [3.05, 3.63) is 57.7 Å². The molecule has 3 rings (SSSR count). The zero-order chi connectivity index (χ0) is 28.3. The number of hydrogen-bond acceptors (Lipinski definition) is 10. The number of nitrogens with one attached hydrogen (secondary N) is 1. The van der Waals surface area contributed by atoms with Crippen LogP contribution in [0.2, 0.25) is 0 Å². The van der Waals surface area contributed by atoms with E-state index in [1.807, 2.05) is 0 Å². The predicted molar refractivity (Wildman–Crippen MR) is 133 cm³/mol. The number of hydrogen-bond donors (Lipinski definition) is 3. The SMILES string of the molecule is CC(C)OC(=O)[C@H](C)CP(=O)(OC[C@H]1O[C@@H](n2ccc(=O)[nH]c2=S)C(O)(C(F)F)[C@H]1O)Oc1ccccc1. The van der Waals surface area contributed by atoms with Crippen LogP contribution in [0, 0.1) is 10.7 Å². The molecule has 38 heavy (non-hydrogen) atoms. The molecule has 1 aliphatic heterocycles. The fraction of sp³-hybridized carbons (Fsp3) is 0.522. The normalized spacial score (nSPS) is 25.8. The number of esters is 1. The van der Waals surface area contributed by atoms with E-state index in [0.717, 1.165) is 16.8 Å². The standard InChI is InChI=1S/C23H29F2N2O9PS/c1-13(2)34-19(30)14(3)12-37(32,36-15-7-5-4-6-8-15)33-11-16-18(29)23(31,20(24)25)21(35-16)27-10-9-17(28)26-22(27)38/h4-10,13-14,16,18,20-21,29,31H,11-12H2,1-3H3,(H,26,28,38)/t14-,16-,18+,21-,23?,37?/m1/s1. The second kappa shape index (κ2) is 12.1. The molecule has 0 saturated carbocycles. The van der Waals surface area contributed by atoms with E-state index >= 15 is 0 Å². The van der Waals surface area contributed by atoms with E-state index < -0.39 is 74.4 Å². The van der Waals surface area contributed by atoms with Crippen molar-refractivity contribution in [3.8, 4) is 5.75 Å². The van der Waals surface area contributed by atoms with E-state index in [-0.39, 0.29) is 10.5 Å². The molecule has 1 fully saturated rings. The number of H-pyrrole nitrogens is 1. The van der Waals surface area contributed by atoms with Crippen LogP contribution in [0.3, 0.4) is 0 Å². The van der Waals surface area contributed by atoms with Gasteiger partial charge >= 0.3 is 13.6 Å². The van der Waals surface area contributed by atoms with Gasteiger partial charge < -0.3 is 24.2 Å². The smallest absolute Gasteiger partial charge is 0.380 e. The number of aromatic amines is 1. The maximum atomic E-state index is 14.0. The minimum absolute atomic E-state index is 0.148. The van der Waals surface area contributed by atoms with Crippen molar-refractivity contribution in [1.29, 1.82) is 0 Å². The molecular formula is C23H29F2N2O9PS. The summed E-state index contributed by atoms with van der Waals surface area (Å²) in [6.45, 7) is 3.99. The lowest BCUT2D eigenvalue weighted by Crippen LogP contribution is -2.52. The quantitative estimate of drug-likeness (QED) is 0.206. The largest absolute Gasteiger partial charge is 0.463 e. The van der Waals surface area contributed by atoms with Gasteiger partial charge in [-0.3, -0.25) is 23.7 Å². The molecule has 2 unspecified atom stereocenters. The Morgan fingerprint density at radius 3 is 2.50 bits per heavy atom. The lowest BCUT2D eigenvalue weighted by molar-refractivity contribution is -0.185. The predicted octanol–water partition coefficient (Wildman–Crippen LogP) is 3.04. The van der Waals surface area contributed by atoms with Gasteiger partial charge in [-0.1, -0.05) is 25.1 Å². The molecule has 15 heteroatoms. The topological polar surface area (TPSA) is 149 Å². The summed E-state index contributed by atoms with van der Waals surface area (Å²) in [6, 6.07) is 8.88. The Morgan fingerprint density at radius 2 is 1.92 bits per heavy atom. The van der Waals surface area contributed by atoms with Crippen molar-refractivity contribution in [1.82, 2.24) is 9.55 Å². The van der Waals surface area contributed by atoms with Crippen LogP contribution in [0.4, 0.5) is 8.78 Å². The van der Waals surface area contributed by atoms with Gasteiger partial charge in [0.25, 0.3) is 12.0 Å². The van der Waals surface area contributed by atoms with Crippen molar-refractivity contribution in [2.24, 2.45) is 5.92 Å². The number of aromatic nitrogens is 2. The molecule has 11 nitrogen and oxygen atoms in total. The van der Waals surface area contributed by atoms with Crippen molar-refractivity contribution in [2.45, 2.75) is 57.3 Å². The van der Waals surface area contributed by atoms with Crippen molar-refractivity contribution >= 4 is 25.8 Å². The van der Waals surface area contributed by atoms with Crippen LogP contribution in [-0.2, 0) is 23.4 Å². The van der Waals surface area contributed by atoms with E-state index in [0.29, 0.717) is 0 Å². The molecular weight excluding hydrogens is 549 g/mol. The molecule has 0 bridgehead atoms. The first-order chi connectivity index (χ1) is 17.8. The first-order valence-corrected chi connectivity index (χ1v) is 13.7. The van der Waals surface area contributed by atoms with Gasteiger partial charge in [-0.15, -0.1) is 0 Å². The van der Waals surface area contributed by atoms with Crippen LogP contribution < -0.4 is 10.1 Å². The number of halogens is 2. The molecule has 1 aliphatic rings. The van der Waals surface area contributed by atoms with Crippen LogP contribution in [0.15, 0.2) is 47.4 Å². The second-order valence-electron chi connectivity index (χ2n) is 9.06. The zero-order valence-corrected chi connectivity index (χ0v) is 22.4. The highest BCUT2D eigenvalue weighted by atomic mass is 32.1. The third-order valence-electron chi connectivity index (χ3n) is 5.65. The number of para-hydroxylation sites is 1. The molecule has 3 N–H and O–H groups in total. The fourth-order valence-electron chi connectivity index (χ4n) is 3.76. The Hall–Kier alpha value is -2.48. The Morgan fingerprint density at radius 1 is 1.26 bits per heavy atom. The average molecular weight is 579 g/mol. The summed E-state index contributed by atoms with van der Waals surface area (Å²) in [5, 5.41) is 21.4. The van der Waals surface area contributed by atoms with Crippen LogP contribution in [0.25, 0.3) is 0 Å². The van der Waals surface area contributed by atoms with Gasteiger partial charge in [-0.05, 0) is 38.2 Å². The summed E-state index contributed by atoms with van der Waals surface area (Å²) in [6.07, 6.45) is -9.13. The summed E-state index contributed by atoms with van der Waals surface area (Å²) in [7, 11) is -4.18. The monoisotopic (exact) mass is 578 g/mol. The third kappa shape index (κ3) is 6.74. The minimum atomic E-state index is -4.18. The number of carbonyl (C=O) groups is 1. The molecule has 0 radical (unpaired) electrons. The Balaban J connectivity index is 1.86. The summed E-state index contributed by atoms with van der Waals surface area (Å²) < 4.78 is 64.1. The maximum absolute atomic E-state index is 14.0. The second-order valence-corrected chi connectivity index (χ2v) is 11.5. The van der Waals surface area contributed by atoms with E-state index in [4.69, 9.17) is 30.7 Å². The summed E-state index contributed by atoms with van der Waals surface area (Å²) in [4.78, 5) is 26.1. The van der Waals surface area contributed by atoms with E-state index in [2.05, 4.69) is 4.98 Å². The lowest BCUT2D eigenvalue weighted by atomic mass is 9.94. The first kappa shape index (κ1) is 30.1. The van der Waals surface area contributed by atoms with Gasteiger partial charge in [0, 0.05) is 12.3 Å².